The van der Waals surface area contributed by atoms with Gasteiger partial charge >= 0.3 is 0 Å². The van der Waals surface area contributed by atoms with Gasteiger partial charge in [-0.3, -0.25) is 4.55 Å². The molecule has 0 fully saturated rings. The van der Waals surface area contributed by atoms with Gasteiger partial charge in [0.15, 0.2) is 9.84 Å². The lowest BCUT2D eigenvalue weighted by Gasteiger charge is -2.09. The zero-order valence-electron chi connectivity index (χ0n) is 14.8. The summed E-state index contributed by atoms with van der Waals surface area (Å²) in [5.41, 5.74) is -0.00750. The number of phenols is 1. The molecule has 3 aromatic rings. The number of aliphatic hydroxyl groups is 1. The molecule has 0 aliphatic heterocycles. The van der Waals surface area contributed by atoms with Gasteiger partial charge in [0.1, 0.15) is 16.3 Å². The number of benzene rings is 3. The van der Waals surface area contributed by atoms with E-state index in [4.69, 9.17) is 5.11 Å². The third kappa shape index (κ3) is 4.27. The average Bonchev–Trinajstić information content (AvgIpc) is 2.67. The number of fused-ring (bicyclic) bond motifs is 1. The summed E-state index contributed by atoms with van der Waals surface area (Å²) >= 11 is 0. The summed E-state index contributed by atoms with van der Waals surface area (Å²) in [6.07, 6.45) is 0. The number of azo groups is 1. The highest BCUT2D eigenvalue weighted by atomic mass is 32.2. The monoisotopic (exact) mass is 436 g/mol. The van der Waals surface area contributed by atoms with Gasteiger partial charge in [0.05, 0.1) is 22.9 Å². The maximum Gasteiger partial charge on any atom is 0.298 e. The first-order valence-corrected chi connectivity index (χ1v) is 11.3. The fourth-order valence-corrected chi connectivity index (χ4v) is 4.52. The Morgan fingerprint density at radius 1 is 0.793 bits per heavy atom. The second-order valence-corrected chi connectivity index (χ2v) is 9.44. The fourth-order valence-electron chi connectivity index (χ4n) is 2.74. The maximum absolute atomic E-state index is 12.3. The summed E-state index contributed by atoms with van der Waals surface area (Å²) in [5, 5.41) is 27.5. The molecule has 0 saturated carbocycles. The van der Waals surface area contributed by atoms with Gasteiger partial charge in [0, 0.05) is 10.8 Å². The van der Waals surface area contributed by atoms with Gasteiger partial charge < -0.3 is 10.2 Å². The molecule has 0 unspecified atom stereocenters. The number of sulfone groups is 1. The van der Waals surface area contributed by atoms with Crippen LogP contribution in [0.5, 0.6) is 5.75 Å². The number of hydrogen-bond acceptors (Lipinski definition) is 8. The summed E-state index contributed by atoms with van der Waals surface area (Å²) in [6.45, 7) is -0.561. The molecule has 0 amide bonds. The van der Waals surface area contributed by atoms with E-state index in [0.29, 0.717) is 5.39 Å². The molecule has 0 radical (unpaired) electrons. The number of rotatable bonds is 6. The molecule has 0 spiro atoms. The highest BCUT2D eigenvalue weighted by Gasteiger charge is 2.21. The summed E-state index contributed by atoms with van der Waals surface area (Å²) in [4.78, 5) is -0.887. The zero-order valence-corrected chi connectivity index (χ0v) is 16.4. The Morgan fingerprint density at radius 3 is 2.03 bits per heavy atom. The average molecular weight is 436 g/mol. The zero-order chi connectivity index (χ0) is 21.2. The minimum atomic E-state index is -4.74. The number of aromatic hydroxyl groups is 1. The molecule has 9 nitrogen and oxygen atoms in total. The SMILES string of the molecule is O=S(=O)(O)c1cc(N=Nc2ccccc2S(=O)(=O)CCO)c2ccccc2c1O. The van der Waals surface area contributed by atoms with Gasteiger partial charge in [-0.25, -0.2) is 8.42 Å². The first-order valence-electron chi connectivity index (χ1n) is 8.22. The normalized spacial score (nSPS) is 12.6. The molecule has 3 aromatic carbocycles. The van der Waals surface area contributed by atoms with Crippen LogP contribution in [0.1, 0.15) is 0 Å². The van der Waals surface area contributed by atoms with E-state index in [1.54, 1.807) is 24.3 Å². The molecule has 0 aliphatic carbocycles. The van der Waals surface area contributed by atoms with Crippen molar-refractivity contribution >= 4 is 42.1 Å². The number of nitrogens with zero attached hydrogens (tertiary/aromatic N) is 2. The predicted octanol–water partition coefficient (Wildman–Crippen LogP) is 2.97. The van der Waals surface area contributed by atoms with Crippen molar-refractivity contribution in [3.05, 3.63) is 54.6 Å². The van der Waals surface area contributed by atoms with E-state index >= 15 is 0 Å². The molecule has 0 atom stereocenters. The van der Waals surface area contributed by atoms with Crippen LogP contribution in [0, 0.1) is 0 Å². The number of phenolic OH excluding ortho intramolecular Hbond substituents is 1. The van der Waals surface area contributed by atoms with Gasteiger partial charge in [-0.15, -0.1) is 10.2 Å². The van der Waals surface area contributed by atoms with Gasteiger partial charge in [0.2, 0.25) is 0 Å². The third-order valence-electron chi connectivity index (χ3n) is 4.06. The van der Waals surface area contributed by atoms with Gasteiger partial charge in [0.25, 0.3) is 10.1 Å². The highest BCUT2D eigenvalue weighted by Crippen LogP contribution is 2.39. The molecule has 152 valence electrons. The first kappa shape index (κ1) is 20.9. The van der Waals surface area contributed by atoms with Crippen molar-refractivity contribution in [1.82, 2.24) is 0 Å². The van der Waals surface area contributed by atoms with E-state index in [-0.39, 0.29) is 21.7 Å². The van der Waals surface area contributed by atoms with Crippen molar-refractivity contribution in [2.24, 2.45) is 10.2 Å². The number of aliphatic hydroxyl groups excluding tert-OH is 1. The summed E-state index contributed by atoms with van der Waals surface area (Å²) < 4.78 is 57.2. The Bertz CT molecular complexity index is 1320. The molecular weight excluding hydrogens is 420 g/mol. The Balaban J connectivity index is 2.20. The Kier molecular flexibility index (Phi) is 5.66. The smallest absolute Gasteiger partial charge is 0.298 e. The van der Waals surface area contributed by atoms with Crippen molar-refractivity contribution in [3.63, 3.8) is 0 Å². The summed E-state index contributed by atoms with van der Waals surface area (Å²) in [7, 11) is -8.55. The summed E-state index contributed by atoms with van der Waals surface area (Å²) in [6, 6.07) is 12.9. The van der Waals surface area contributed by atoms with Crippen molar-refractivity contribution in [1.29, 1.82) is 0 Å². The number of hydrogen-bond donors (Lipinski definition) is 3. The van der Waals surface area contributed by atoms with E-state index in [9.17, 15) is 26.5 Å². The maximum atomic E-state index is 12.3. The van der Waals surface area contributed by atoms with Crippen LogP contribution in [0.4, 0.5) is 11.4 Å². The molecule has 11 heteroatoms. The molecule has 0 heterocycles. The van der Waals surface area contributed by atoms with E-state index in [1.807, 2.05) is 0 Å². The molecular formula is C18H16N2O7S2. The largest absolute Gasteiger partial charge is 0.506 e. The van der Waals surface area contributed by atoms with Crippen LogP contribution in [0.3, 0.4) is 0 Å². The van der Waals surface area contributed by atoms with E-state index in [2.05, 4.69) is 10.2 Å². The van der Waals surface area contributed by atoms with Crippen LogP contribution in [0.25, 0.3) is 10.8 Å². The fraction of sp³-hybridized carbons (Fsp3) is 0.111. The lowest BCUT2D eigenvalue weighted by atomic mass is 10.1. The second kappa shape index (κ2) is 7.87. The van der Waals surface area contributed by atoms with Crippen molar-refractivity contribution in [2.45, 2.75) is 9.79 Å². The van der Waals surface area contributed by atoms with E-state index < -0.39 is 43.0 Å². The van der Waals surface area contributed by atoms with Crippen molar-refractivity contribution in [3.8, 4) is 5.75 Å². The van der Waals surface area contributed by atoms with Crippen LogP contribution in [-0.4, -0.2) is 44.0 Å². The highest BCUT2D eigenvalue weighted by molar-refractivity contribution is 7.91. The van der Waals surface area contributed by atoms with Gasteiger partial charge in [-0.2, -0.15) is 8.42 Å². The molecule has 0 aliphatic rings. The van der Waals surface area contributed by atoms with Crippen LogP contribution in [0.2, 0.25) is 0 Å². The van der Waals surface area contributed by atoms with Crippen molar-refractivity contribution in [2.75, 3.05) is 12.4 Å². The van der Waals surface area contributed by atoms with E-state index in [1.165, 1.54) is 24.3 Å². The second-order valence-electron chi connectivity index (χ2n) is 5.97. The Hall–Kier alpha value is -2.86. The summed E-state index contributed by atoms with van der Waals surface area (Å²) in [5.74, 6) is -1.12. The first-order chi connectivity index (χ1) is 13.6. The molecule has 3 N–H and O–H groups in total. The van der Waals surface area contributed by atoms with Crippen LogP contribution in [0.15, 0.2) is 74.6 Å². The van der Waals surface area contributed by atoms with Crippen LogP contribution >= 0.6 is 0 Å². The Morgan fingerprint density at radius 2 is 1.38 bits per heavy atom. The van der Waals surface area contributed by atoms with Gasteiger partial charge in [-0.05, 0) is 18.2 Å². The van der Waals surface area contributed by atoms with Crippen molar-refractivity contribution < 1.29 is 31.6 Å². The Labute approximate surface area is 166 Å². The molecule has 0 saturated heterocycles. The van der Waals surface area contributed by atoms with E-state index in [0.717, 1.165) is 6.07 Å². The topological polar surface area (TPSA) is 154 Å². The molecule has 0 aromatic heterocycles. The minimum absolute atomic E-state index is 0.000356. The van der Waals surface area contributed by atoms with Crippen LogP contribution < -0.4 is 0 Å². The minimum Gasteiger partial charge on any atom is -0.506 e. The standard InChI is InChI=1S/C18H16N2O7S2/c21-9-10-28(23,24)16-8-4-3-7-14(16)19-20-15-11-17(29(25,26)27)18(22)13-6-2-1-5-12(13)15/h1-8,11,21-22H,9-10H2,(H,25,26,27). The predicted molar refractivity (Wildman–Crippen MR) is 105 cm³/mol. The quantitative estimate of drug-likeness (QED) is 0.396. The molecule has 0 bridgehead atoms. The molecule has 29 heavy (non-hydrogen) atoms. The molecule has 3 rings (SSSR count). The van der Waals surface area contributed by atoms with Gasteiger partial charge in [-0.1, -0.05) is 36.4 Å². The lowest BCUT2D eigenvalue weighted by Crippen LogP contribution is -2.10. The third-order valence-corrected chi connectivity index (χ3v) is 6.67. The van der Waals surface area contributed by atoms with Crippen LogP contribution in [-0.2, 0) is 20.0 Å². The lowest BCUT2D eigenvalue weighted by molar-refractivity contribution is 0.319.